The number of hydrogen-bond donors (Lipinski definition) is 2. The topological polar surface area (TPSA) is 94.0 Å². The Morgan fingerprint density at radius 3 is 3.19 bits per heavy atom. The van der Waals surface area contributed by atoms with Crippen molar-refractivity contribution in [1.82, 2.24) is 15.5 Å². The quantitative estimate of drug-likeness (QED) is 0.785. The maximum absolute atomic E-state index is 10.5. The van der Waals surface area contributed by atoms with Crippen LogP contribution in [0.3, 0.4) is 0 Å². The second kappa shape index (κ2) is 4.86. The van der Waals surface area contributed by atoms with E-state index in [0.717, 1.165) is 4.88 Å². The average Bonchev–Trinajstić information content (AvgIpc) is 2.85. The number of nitrogens with one attached hydrogen (secondary N) is 1. The summed E-state index contributed by atoms with van der Waals surface area (Å²) >= 11 is 1.54. The van der Waals surface area contributed by atoms with Crippen molar-refractivity contribution in [1.29, 1.82) is 0 Å². The van der Waals surface area contributed by atoms with Crippen molar-refractivity contribution >= 4 is 17.2 Å². The number of carbonyl (C=O) groups excluding carboxylic acids is 1. The maximum Gasteiger partial charge on any atom is 0.240 e. The fourth-order valence-electron chi connectivity index (χ4n) is 1.13. The highest BCUT2D eigenvalue weighted by atomic mass is 32.1. The molecule has 0 aromatic carbocycles. The highest BCUT2D eigenvalue weighted by Crippen LogP contribution is 2.20. The van der Waals surface area contributed by atoms with Gasteiger partial charge in [0.1, 0.15) is 0 Å². The van der Waals surface area contributed by atoms with E-state index in [9.17, 15) is 4.79 Å². The van der Waals surface area contributed by atoms with Gasteiger partial charge < -0.3 is 10.3 Å². The van der Waals surface area contributed by atoms with Gasteiger partial charge in [-0.05, 0) is 11.4 Å². The summed E-state index contributed by atoms with van der Waals surface area (Å²) in [7, 11) is 0. The Balaban J connectivity index is 1.95. The van der Waals surface area contributed by atoms with Crippen molar-refractivity contribution in [3.8, 4) is 10.7 Å². The first-order chi connectivity index (χ1) is 7.75. The molecule has 2 aromatic heterocycles. The Kier molecular flexibility index (Phi) is 3.28. The third-order valence-corrected chi connectivity index (χ3v) is 2.65. The van der Waals surface area contributed by atoms with Gasteiger partial charge in [0.25, 0.3) is 0 Å². The number of hydrogen-bond acceptors (Lipinski definition) is 6. The van der Waals surface area contributed by atoms with E-state index >= 15 is 0 Å². The molecule has 0 unspecified atom stereocenters. The largest absolute Gasteiger partial charge is 0.369 e. The lowest BCUT2D eigenvalue weighted by molar-refractivity contribution is -0.117. The first-order valence-electron chi connectivity index (χ1n) is 4.61. The highest BCUT2D eigenvalue weighted by molar-refractivity contribution is 7.13. The minimum atomic E-state index is -0.419. The summed E-state index contributed by atoms with van der Waals surface area (Å²) in [6.45, 7) is 0.429. The van der Waals surface area contributed by atoms with Gasteiger partial charge in [-0.15, -0.1) is 11.3 Å². The minimum Gasteiger partial charge on any atom is -0.369 e. The van der Waals surface area contributed by atoms with Crippen LogP contribution in [0.4, 0.5) is 0 Å². The lowest BCUT2D eigenvalue weighted by atomic mass is 10.4. The summed E-state index contributed by atoms with van der Waals surface area (Å²) in [5.41, 5.74) is 4.97. The molecule has 0 atom stereocenters. The molecule has 0 saturated carbocycles. The van der Waals surface area contributed by atoms with Crippen LogP contribution in [0.2, 0.25) is 0 Å². The van der Waals surface area contributed by atoms with Crippen molar-refractivity contribution in [2.75, 3.05) is 6.54 Å². The van der Waals surface area contributed by atoms with Crippen molar-refractivity contribution in [2.24, 2.45) is 5.73 Å². The summed E-state index contributed by atoms with van der Waals surface area (Å²) in [6.07, 6.45) is 0. The Hall–Kier alpha value is -1.73. The number of primary amides is 1. The fourth-order valence-corrected chi connectivity index (χ4v) is 1.77. The van der Waals surface area contributed by atoms with Crippen LogP contribution in [-0.4, -0.2) is 22.6 Å². The van der Waals surface area contributed by atoms with Gasteiger partial charge in [0.15, 0.2) is 0 Å². The summed E-state index contributed by atoms with van der Waals surface area (Å²) < 4.78 is 5.00. The van der Waals surface area contributed by atoms with Gasteiger partial charge in [-0.3, -0.25) is 10.1 Å². The smallest absolute Gasteiger partial charge is 0.240 e. The maximum atomic E-state index is 10.5. The van der Waals surface area contributed by atoms with Gasteiger partial charge in [0.05, 0.1) is 18.0 Å². The Morgan fingerprint density at radius 1 is 1.62 bits per heavy atom. The van der Waals surface area contributed by atoms with Crippen LogP contribution in [0.25, 0.3) is 10.7 Å². The zero-order valence-corrected chi connectivity index (χ0v) is 9.16. The van der Waals surface area contributed by atoms with Crippen molar-refractivity contribution in [2.45, 2.75) is 6.54 Å². The Labute approximate surface area is 95.5 Å². The van der Waals surface area contributed by atoms with Crippen LogP contribution >= 0.6 is 11.3 Å². The SMILES string of the molecule is NC(=O)CNCc1nc(-c2cccs2)no1. The summed E-state index contributed by atoms with van der Waals surface area (Å²) in [6, 6.07) is 3.83. The third kappa shape index (κ3) is 2.65. The molecule has 0 aliphatic heterocycles. The molecule has 0 radical (unpaired) electrons. The molecule has 0 aliphatic rings. The van der Waals surface area contributed by atoms with E-state index in [1.54, 1.807) is 0 Å². The van der Waals surface area contributed by atoms with Crippen LogP contribution < -0.4 is 11.1 Å². The predicted molar refractivity (Wildman–Crippen MR) is 58.5 cm³/mol. The van der Waals surface area contributed by atoms with Gasteiger partial charge in [-0.1, -0.05) is 11.2 Å². The van der Waals surface area contributed by atoms with Gasteiger partial charge in [-0.25, -0.2) is 0 Å². The molecule has 0 saturated heterocycles. The van der Waals surface area contributed by atoms with Gasteiger partial charge in [0, 0.05) is 0 Å². The number of carbonyl (C=O) groups is 1. The van der Waals surface area contributed by atoms with Crippen LogP contribution in [0, 0.1) is 0 Å². The van der Waals surface area contributed by atoms with Crippen molar-refractivity contribution in [3.63, 3.8) is 0 Å². The van der Waals surface area contributed by atoms with Gasteiger partial charge in [-0.2, -0.15) is 4.98 Å². The zero-order valence-electron chi connectivity index (χ0n) is 8.34. The molecular weight excluding hydrogens is 228 g/mol. The first kappa shape index (κ1) is 10.8. The highest BCUT2D eigenvalue weighted by Gasteiger charge is 2.08. The van der Waals surface area contributed by atoms with Crippen LogP contribution in [-0.2, 0) is 11.3 Å². The summed E-state index contributed by atoms with van der Waals surface area (Å²) in [4.78, 5) is 15.6. The number of rotatable bonds is 5. The summed E-state index contributed by atoms with van der Waals surface area (Å²) in [5.74, 6) is 0.577. The predicted octanol–water partition coefficient (Wildman–Crippen LogP) is 0.373. The number of aromatic nitrogens is 2. The molecule has 3 N–H and O–H groups in total. The van der Waals surface area contributed by atoms with E-state index < -0.39 is 5.91 Å². The number of nitrogens with zero attached hydrogens (tertiary/aromatic N) is 2. The lowest BCUT2D eigenvalue weighted by Gasteiger charge is -1.95. The van der Waals surface area contributed by atoms with Crippen molar-refractivity contribution < 1.29 is 9.32 Å². The van der Waals surface area contributed by atoms with Crippen LogP contribution in [0.1, 0.15) is 5.89 Å². The first-order valence-corrected chi connectivity index (χ1v) is 5.49. The number of thiophene rings is 1. The van der Waals surface area contributed by atoms with E-state index in [1.807, 2.05) is 17.5 Å². The number of amides is 1. The molecule has 1 amide bonds. The normalized spacial score (nSPS) is 10.5. The lowest BCUT2D eigenvalue weighted by Crippen LogP contribution is -2.28. The molecule has 84 valence electrons. The molecule has 16 heavy (non-hydrogen) atoms. The average molecular weight is 238 g/mol. The van der Waals surface area contributed by atoms with E-state index in [1.165, 1.54) is 11.3 Å². The van der Waals surface area contributed by atoms with E-state index in [4.69, 9.17) is 10.3 Å². The molecule has 2 rings (SSSR count). The third-order valence-electron chi connectivity index (χ3n) is 1.79. The second-order valence-corrected chi connectivity index (χ2v) is 4.01. The van der Waals surface area contributed by atoms with Gasteiger partial charge in [0.2, 0.25) is 17.6 Å². The monoisotopic (exact) mass is 238 g/mol. The minimum absolute atomic E-state index is 0.0940. The molecule has 0 fully saturated rings. The Bertz CT molecular complexity index is 466. The molecule has 0 bridgehead atoms. The molecular formula is C9H10N4O2S. The molecule has 0 aliphatic carbocycles. The van der Waals surface area contributed by atoms with E-state index in [2.05, 4.69) is 15.5 Å². The van der Waals surface area contributed by atoms with E-state index in [0.29, 0.717) is 18.3 Å². The van der Waals surface area contributed by atoms with E-state index in [-0.39, 0.29) is 6.54 Å². The Morgan fingerprint density at radius 2 is 2.50 bits per heavy atom. The molecule has 6 nitrogen and oxygen atoms in total. The number of nitrogens with two attached hydrogens (primary N) is 1. The molecule has 7 heteroatoms. The molecule has 0 spiro atoms. The zero-order chi connectivity index (χ0) is 11.4. The summed E-state index contributed by atoms with van der Waals surface area (Å²) in [5, 5.41) is 8.56. The van der Waals surface area contributed by atoms with Crippen LogP contribution in [0.5, 0.6) is 0 Å². The second-order valence-electron chi connectivity index (χ2n) is 3.06. The fraction of sp³-hybridized carbons (Fsp3) is 0.222. The van der Waals surface area contributed by atoms with Crippen molar-refractivity contribution in [3.05, 3.63) is 23.4 Å². The van der Waals surface area contributed by atoms with Gasteiger partial charge >= 0.3 is 0 Å². The standard InChI is InChI=1S/C9H10N4O2S/c10-7(14)4-11-5-8-12-9(13-15-8)6-2-1-3-16-6/h1-3,11H,4-5H2,(H2,10,14). The molecule has 2 aromatic rings. The van der Waals surface area contributed by atoms with Crippen LogP contribution in [0.15, 0.2) is 22.0 Å². The molecule has 2 heterocycles.